The van der Waals surface area contributed by atoms with Crippen LogP contribution in [0.1, 0.15) is 33.9 Å². The first-order valence-electron chi connectivity index (χ1n) is 11.3. The summed E-state index contributed by atoms with van der Waals surface area (Å²) in [6, 6.07) is 21.9. The lowest BCUT2D eigenvalue weighted by atomic mass is 10.0. The van der Waals surface area contributed by atoms with Gasteiger partial charge in [-0.05, 0) is 60.7 Å². The summed E-state index contributed by atoms with van der Waals surface area (Å²) in [7, 11) is 1.36. The van der Waals surface area contributed by atoms with Gasteiger partial charge < -0.3 is 28.8 Å². The van der Waals surface area contributed by atoms with Crippen LogP contribution in [0.4, 0.5) is 5.69 Å². The van der Waals surface area contributed by atoms with E-state index in [9.17, 15) is 4.79 Å². The molecule has 0 radical (unpaired) electrons. The highest BCUT2D eigenvalue weighted by Gasteiger charge is 2.43. The molecule has 2 unspecified atom stereocenters. The molecule has 2 aromatic carbocycles. The van der Waals surface area contributed by atoms with E-state index in [0.717, 1.165) is 16.9 Å². The van der Waals surface area contributed by atoms with Crippen molar-refractivity contribution in [2.24, 2.45) is 0 Å². The fourth-order valence-electron chi connectivity index (χ4n) is 4.54. The van der Waals surface area contributed by atoms with Crippen LogP contribution in [0.15, 0.2) is 83.4 Å². The second-order valence-electron chi connectivity index (χ2n) is 8.31. The number of ether oxygens (including phenoxy) is 3. The number of hydrogen-bond acceptors (Lipinski definition) is 7. The van der Waals surface area contributed by atoms with Crippen LogP contribution in [0.25, 0.3) is 11.3 Å². The highest BCUT2D eigenvalue weighted by Crippen LogP contribution is 2.45. The van der Waals surface area contributed by atoms with Gasteiger partial charge in [0.25, 0.3) is 0 Å². The maximum atomic E-state index is 12.0. The van der Waals surface area contributed by atoms with Crippen LogP contribution in [-0.2, 0) is 4.74 Å². The number of furan rings is 1. The van der Waals surface area contributed by atoms with Gasteiger partial charge >= 0.3 is 5.97 Å². The Hall–Kier alpha value is -4.37. The van der Waals surface area contributed by atoms with E-state index in [0.29, 0.717) is 33.7 Å². The third-order valence-electron chi connectivity index (χ3n) is 6.22. The third kappa shape index (κ3) is 3.83. The number of pyridine rings is 1. The molecule has 1 N–H and O–H groups in total. The zero-order valence-electron chi connectivity index (χ0n) is 19.2. The summed E-state index contributed by atoms with van der Waals surface area (Å²) in [5, 5.41) is 3.96. The number of hydrogen-bond donors (Lipinski definition) is 1. The van der Waals surface area contributed by atoms with E-state index >= 15 is 0 Å². The van der Waals surface area contributed by atoms with Crippen LogP contribution < -0.4 is 19.7 Å². The minimum Gasteiger partial charge on any atom is -0.465 e. The lowest BCUT2D eigenvalue weighted by Crippen LogP contribution is -2.29. The molecule has 0 saturated carbocycles. The molecule has 0 bridgehead atoms. The molecule has 6 rings (SSSR count). The molecule has 1 saturated heterocycles. The maximum Gasteiger partial charge on any atom is 0.337 e. The van der Waals surface area contributed by atoms with Crippen molar-refractivity contribution >= 4 is 29.0 Å². The summed E-state index contributed by atoms with van der Waals surface area (Å²) in [5.74, 6) is 2.27. The van der Waals surface area contributed by atoms with E-state index in [-0.39, 0.29) is 18.9 Å². The molecular formula is C27H21N3O5S. The predicted octanol–water partition coefficient (Wildman–Crippen LogP) is 5.03. The summed E-state index contributed by atoms with van der Waals surface area (Å²) in [6.45, 7) is 0.188. The Morgan fingerprint density at radius 3 is 2.78 bits per heavy atom. The third-order valence-corrected chi connectivity index (χ3v) is 6.53. The highest BCUT2D eigenvalue weighted by molar-refractivity contribution is 7.80. The summed E-state index contributed by atoms with van der Waals surface area (Å²) in [6.07, 6.45) is 1.76. The van der Waals surface area contributed by atoms with Gasteiger partial charge in [-0.3, -0.25) is 4.98 Å². The second-order valence-corrected chi connectivity index (χ2v) is 8.70. The Morgan fingerprint density at radius 2 is 1.94 bits per heavy atom. The number of nitrogens with zero attached hydrogens (tertiary/aromatic N) is 2. The molecule has 9 heteroatoms. The number of carbonyl (C=O) groups is 1. The van der Waals surface area contributed by atoms with Gasteiger partial charge in [-0.2, -0.15) is 0 Å². The van der Waals surface area contributed by atoms with Crippen LogP contribution >= 0.6 is 12.2 Å². The molecule has 180 valence electrons. The molecule has 2 aliphatic rings. The summed E-state index contributed by atoms with van der Waals surface area (Å²) in [4.78, 5) is 18.6. The quantitative estimate of drug-likeness (QED) is 0.300. The summed E-state index contributed by atoms with van der Waals surface area (Å²) in [5.41, 5.74) is 2.89. The molecule has 4 aromatic rings. The fourth-order valence-corrected chi connectivity index (χ4v) is 4.89. The number of esters is 1. The van der Waals surface area contributed by atoms with Crippen molar-refractivity contribution in [2.75, 3.05) is 18.8 Å². The van der Waals surface area contributed by atoms with Crippen molar-refractivity contribution in [3.05, 3.63) is 96.0 Å². The van der Waals surface area contributed by atoms with Crippen molar-refractivity contribution in [1.82, 2.24) is 10.3 Å². The number of benzene rings is 2. The Bertz CT molecular complexity index is 1450. The molecule has 4 heterocycles. The first-order chi connectivity index (χ1) is 17.6. The first kappa shape index (κ1) is 22.1. The van der Waals surface area contributed by atoms with Crippen LogP contribution in [0.3, 0.4) is 0 Å². The fraction of sp³-hybridized carbons (Fsp3) is 0.148. The van der Waals surface area contributed by atoms with E-state index in [4.69, 9.17) is 30.8 Å². The molecule has 36 heavy (non-hydrogen) atoms. The minimum absolute atomic E-state index is 0.188. The predicted molar refractivity (Wildman–Crippen MR) is 136 cm³/mol. The maximum absolute atomic E-state index is 12.0. The van der Waals surface area contributed by atoms with Crippen molar-refractivity contribution in [3.8, 4) is 22.8 Å². The van der Waals surface area contributed by atoms with Crippen molar-refractivity contribution < 1.29 is 23.4 Å². The molecule has 0 spiro atoms. The largest absolute Gasteiger partial charge is 0.465 e. The average molecular weight is 500 g/mol. The normalized spacial score (nSPS) is 18.2. The minimum atomic E-state index is -0.404. The Labute approximate surface area is 212 Å². The zero-order chi connectivity index (χ0) is 24.6. The van der Waals surface area contributed by atoms with Gasteiger partial charge in [0.05, 0.1) is 24.4 Å². The van der Waals surface area contributed by atoms with Gasteiger partial charge in [-0.1, -0.05) is 18.2 Å². The smallest absolute Gasteiger partial charge is 0.337 e. The van der Waals surface area contributed by atoms with Gasteiger partial charge in [0.2, 0.25) is 6.79 Å². The van der Waals surface area contributed by atoms with Crippen LogP contribution in [0.2, 0.25) is 0 Å². The second kappa shape index (κ2) is 9.01. The number of carbonyl (C=O) groups excluding carboxylic acids is 1. The van der Waals surface area contributed by atoms with Gasteiger partial charge in [-0.15, -0.1) is 0 Å². The monoisotopic (exact) mass is 499 g/mol. The number of aromatic nitrogens is 1. The Morgan fingerprint density at radius 1 is 1.06 bits per heavy atom. The van der Waals surface area contributed by atoms with E-state index in [2.05, 4.69) is 10.3 Å². The lowest BCUT2D eigenvalue weighted by molar-refractivity contribution is 0.0600. The van der Waals surface area contributed by atoms with E-state index in [1.54, 1.807) is 24.4 Å². The highest BCUT2D eigenvalue weighted by atomic mass is 32.1. The molecule has 0 aliphatic carbocycles. The SMILES string of the molecule is COC(=O)c1cccc(-c2ccc(C3C(c4ccccn4)NC(=S)N3c3ccc4c(c3)OCO4)o2)c1. The van der Waals surface area contributed by atoms with Gasteiger partial charge in [0.15, 0.2) is 16.6 Å². The van der Waals surface area contributed by atoms with E-state index < -0.39 is 5.97 Å². The number of nitrogens with one attached hydrogen (secondary N) is 1. The lowest BCUT2D eigenvalue weighted by Gasteiger charge is -2.26. The van der Waals surface area contributed by atoms with E-state index in [1.807, 2.05) is 59.5 Å². The number of anilines is 1. The average Bonchev–Trinajstić information content (AvgIpc) is 3.66. The molecule has 2 aliphatic heterocycles. The summed E-state index contributed by atoms with van der Waals surface area (Å²) < 4.78 is 22.3. The van der Waals surface area contributed by atoms with Crippen LogP contribution in [-0.4, -0.2) is 30.0 Å². The van der Waals surface area contributed by atoms with Crippen LogP contribution in [0.5, 0.6) is 11.5 Å². The van der Waals surface area contributed by atoms with Gasteiger partial charge in [0.1, 0.15) is 17.6 Å². The topological polar surface area (TPSA) is 86.1 Å². The van der Waals surface area contributed by atoms with E-state index in [1.165, 1.54) is 7.11 Å². The van der Waals surface area contributed by atoms with Crippen molar-refractivity contribution in [2.45, 2.75) is 12.1 Å². The Kier molecular flexibility index (Phi) is 5.54. The van der Waals surface area contributed by atoms with Crippen molar-refractivity contribution in [1.29, 1.82) is 0 Å². The molecule has 8 nitrogen and oxygen atoms in total. The molecule has 2 atom stereocenters. The first-order valence-corrected chi connectivity index (χ1v) is 11.7. The standard InChI is InChI=1S/C27H21N3O5S/c1-32-26(31)17-6-4-5-16(13-17)20-10-11-22(35-20)25-24(19-7-2-3-12-28-19)29-27(36)30(25)18-8-9-21-23(14-18)34-15-33-21/h2-14,24-25H,15H2,1H3,(H,29,36). The zero-order valence-corrected chi connectivity index (χ0v) is 20.0. The van der Waals surface area contributed by atoms with Gasteiger partial charge in [0, 0.05) is 23.5 Å². The number of fused-ring (bicyclic) bond motifs is 1. The van der Waals surface area contributed by atoms with Crippen LogP contribution in [0, 0.1) is 0 Å². The molecular weight excluding hydrogens is 478 g/mol. The summed E-state index contributed by atoms with van der Waals surface area (Å²) >= 11 is 5.79. The number of thiocarbonyl (C=S) groups is 1. The van der Waals surface area contributed by atoms with Crippen molar-refractivity contribution in [3.63, 3.8) is 0 Å². The number of methoxy groups -OCH3 is 1. The molecule has 0 amide bonds. The number of rotatable bonds is 5. The van der Waals surface area contributed by atoms with Gasteiger partial charge in [-0.25, -0.2) is 4.79 Å². The molecule has 2 aromatic heterocycles. The Balaban J connectivity index is 1.42. The molecule has 1 fully saturated rings.